The van der Waals surface area contributed by atoms with E-state index in [0.717, 1.165) is 17.8 Å². The second-order valence-electron chi connectivity index (χ2n) is 6.40. The van der Waals surface area contributed by atoms with E-state index in [1.54, 1.807) is 6.20 Å². The Morgan fingerprint density at radius 2 is 2.21 bits per heavy atom. The largest absolute Gasteiger partial charge is 0.338 e. The summed E-state index contributed by atoms with van der Waals surface area (Å²) in [6.45, 7) is 8.56. The summed E-state index contributed by atoms with van der Waals surface area (Å²) in [4.78, 5) is 18.2. The van der Waals surface area contributed by atoms with Gasteiger partial charge >= 0.3 is 0 Å². The molecular formula is C15H23N3O. The highest BCUT2D eigenvalue weighted by atomic mass is 16.2. The second kappa shape index (κ2) is 5.29. The lowest BCUT2D eigenvalue weighted by Crippen LogP contribution is -2.27. The number of carbonyl (C=O) groups is 1. The van der Waals surface area contributed by atoms with Crippen molar-refractivity contribution in [2.24, 2.45) is 17.1 Å². The number of carbonyl (C=O) groups excluding carboxylic acids is 1. The first-order valence-corrected chi connectivity index (χ1v) is 6.82. The fourth-order valence-corrected chi connectivity index (χ4v) is 2.46. The Hall–Kier alpha value is -1.42. The second-order valence-corrected chi connectivity index (χ2v) is 6.40. The van der Waals surface area contributed by atoms with Crippen LogP contribution in [0.15, 0.2) is 18.3 Å². The van der Waals surface area contributed by atoms with Gasteiger partial charge in [-0.25, -0.2) is 0 Å². The lowest BCUT2D eigenvalue weighted by atomic mass is 9.80. The maximum atomic E-state index is 12.1. The van der Waals surface area contributed by atoms with Crippen LogP contribution in [0, 0.1) is 11.3 Å². The molecule has 0 bridgehead atoms. The Labute approximate surface area is 115 Å². The zero-order chi connectivity index (χ0) is 14.0. The topological polar surface area (TPSA) is 59.2 Å². The van der Waals surface area contributed by atoms with Gasteiger partial charge in [-0.15, -0.1) is 0 Å². The van der Waals surface area contributed by atoms with Crippen molar-refractivity contribution in [1.29, 1.82) is 0 Å². The Morgan fingerprint density at radius 1 is 1.47 bits per heavy atom. The van der Waals surface area contributed by atoms with E-state index in [9.17, 15) is 4.79 Å². The minimum Gasteiger partial charge on any atom is -0.338 e. The molecule has 1 aromatic rings. The third kappa shape index (κ3) is 3.32. The van der Waals surface area contributed by atoms with E-state index >= 15 is 0 Å². The van der Waals surface area contributed by atoms with Crippen LogP contribution in [-0.4, -0.2) is 22.3 Å². The van der Waals surface area contributed by atoms with Gasteiger partial charge in [-0.2, -0.15) is 0 Å². The van der Waals surface area contributed by atoms with Crippen LogP contribution in [0.2, 0.25) is 0 Å². The summed E-state index contributed by atoms with van der Waals surface area (Å²) in [5, 5.41) is 0. The van der Waals surface area contributed by atoms with E-state index in [1.165, 1.54) is 0 Å². The maximum Gasteiger partial charge on any atom is 0.223 e. The van der Waals surface area contributed by atoms with Gasteiger partial charge in [0.2, 0.25) is 5.91 Å². The number of nitrogens with zero attached hydrogens (tertiary/aromatic N) is 2. The molecule has 2 N–H and O–H groups in total. The molecule has 1 amide bonds. The molecule has 1 unspecified atom stereocenters. The summed E-state index contributed by atoms with van der Waals surface area (Å²) in [6.07, 6.45) is 2.43. The maximum absolute atomic E-state index is 12.1. The van der Waals surface area contributed by atoms with E-state index < -0.39 is 0 Å². The first-order valence-electron chi connectivity index (χ1n) is 6.82. The van der Waals surface area contributed by atoms with Crippen LogP contribution in [0.3, 0.4) is 0 Å². The van der Waals surface area contributed by atoms with Crippen molar-refractivity contribution in [3.8, 4) is 0 Å². The van der Waals surface area contributed by atoms with Crippen molar-refractivity contribution in [1.82, 2.24) is 9.88 Å². The van der Waals surface area contributed by atoms with Crippen molar-refractivity contribution in [3.05, 3.63) is 29.6 Å². The van der Waals surface area contributed by atoms with Gasteiger partial charge in [-0.05, 0) is 29.0 Å². The molecule has 19 heavy (non-hydrogen) atoms. The Bertz CT molecular complexity index is 465. The fourth-order valence-electron chi connectivity index (χ4n) is 2.46. The molecule has 0 spiro atoms. The smallest absolute Gasteiger partial charge is 0.223 e. The van der Waals surface area contributed by atoms with Crippen molar-refractivity contribution >= 4 is 5.91 Å². The molecule has 0 aliphatic carbocycles. The third-order valence-corrected chi connectivity index (χ3v) is 3.90. The van der Waals surface area contributed by atoms with Crippen LogP contribution < -0.4 is 5.73 Å². The SMILES string of the molecule is CC(C)(C)C1CC(=O)N(Cc2ccnc(CN)c2)C1. The zero-order valence-corrected chi connectivity index (χ0v) is 12.0. The molecule has 4 heteroatoms. The van der Waals surface area contributed by atoms with Crippen LogP contribution in [0.25, 0.3) is 0 Å². The summed E-state index contributed by atoms with van der Waals surface area (Å²) in [5.41, 5.74) is 7.76. The molecule has 1 aliphatic rings. The number of rotatable bonds is 3. The van der Waals surface area contributed by atoms with Crippen molar-refractivity contribution in [3.63, 3.8) is 0 Å². The summed E-state index contributed by atoms with van der Waals surface area (Å²) in [7, 11) is 0. The van der Waals surface area contributed by atoms with E-state index in [-0.39, 0.29) is 11.3 Å². The van der Waals surface area contributed by atoms with Gasteiger partial charge in [0.1, 0.15) is 0 Å². The molecule has 0 radical (unpaired) electrons. The van der Waals surface area contributed by atoms with Crippen molar-refractivity contribution in [2.45, 2.75) is 40.3 Å². The van der Waals surface area contributed by atoms with Gasteiger partial charge in [0, 0.05) is 32.3 Å². The molecule has 2 rings (SSSR count). The summed E-state index contributed by atoms with van der Waals surface area (Å²) < 4.78 is 0. The number of nitrogens with two attached hydrogens (primary N) is 1. The van der Waals surface area contributed by atoms with Crippen LogP contribution in [-0.2, 0) is 17.9 Å². The molecule has 0 saturated carbocycles. The van der Waals surface area contributed by atoms with E-state index in [0.29, 0.717) is 25.4 Å². The minimum atomic E-state index is 0.186. The molecular weight excluding hydrogens is 238 g/mol. The van der Waals surface area contributed by atoms with Crippen LogP contribution in [0.1, 0.15) is 38.4 Å². The predicted molar refractivity (Wildman–Crippen MR) is 75.1 cm³/mol. The van der Waals surface area contributed by atoms with E-state index in [4.69, 9.17) is 5.73 Å². The number of amides is 1. The highest BCUT2D eigenvalue weighted by Gasteiger charge is 2.36. The van der Waals surface area contributed by atoms with Gasteiger partial charge in [-0.1, -0.05) is 20.8 Å². The Kier molecular flexibility index (Phi) is 3.90. The predicted octanol–water partition coefficient (Wildman–Crippen LogP) is 1.93. The van der Waals surface area contributed by atoms with Gasteiger partial charge in [-0.3, -0.25) is 9.78 Å². The minimum absolute atomic E-state index is 0.186. The number of hydrogen-bond donors (Lipinski definition) is 1. The molecule has 4 nitrogen and oxygen atoms in total. The number of likely N-dealkylation sites (tertiary alicyclic amines) is 1. The number of pyridine rings is 1. The first-order chi connectivity index (χ1) is 8.90. The quantitative estimate of drug-likeness (QED) is 0.904. The highest BCUT2D eigenvalue weighted by molar-refractivity contribution is 5.78. The summed E-state index contributed by atoms with van der Waals surface area (Å²) in [5.74, 6) is 0.696. The average molecular weight is 261 g/mol. The Morgan fingerprint density at radius 3 is 2.79 bits per heavy atom. The molecule has 1 atom stereocenters. The van der Waals surface area contributed by atoms with Crippen LogP contribution in [0.5, 0.6) is 0 Å². The van der Waals surface area contributed by atoms with Gasteiger partial charge in [0.05, 0.1) is 5.69 Å². The van der Waals surface area contributed by atoms with Crippen molar-refractivity contribution in [2.75, 3.05) is 6.54 Å². The molecule has 1 saturated heterocycles. The summed E-state index contributed by atoms with van der Waals surface area (Å²) >= 11 is 0. The van der Waals surface area contributed by atoms with Gasteiger partial charge in [0.25, 0.3) is 0 Å². The first kappa shape index (κ1) is 14.0. The van der Waals surface area contributed by atoms with Gasteiger partial charge < -0.3 is 10.6 Å². The average Bonchev–Trinajstić information content (AvgIpc) is 2.71. The standard InChI is InChI=1S/C15H23N3O/c1-15(2,3)12-7-14(19)18(10-12)9-11-4-5-17-13(6-11)8-16/h4-6,12H,7-10,16H2,1-3H3. The molecule has 104 valence electrons. The number of hydrogen-bond acceptors (Lipinski definition) is 3. The Balaban J connectivity index is 2.05. The van der Waals surface area contributed by atoms with Gasteiger partial charge in [0.15, 0.2) is 0 Å². The highest BCUT2D eigenvalue weighted by Crippen LogP contribution is 2.34. The molecule has 1 aromatic heterocycles. The fraction of sp³-hybridized carbons (Fsp3) is 0.600. The van der Waals surface area contributed by atoms with E-state index in [2.05, 4.69) is 25.8 Å². The van der Waals surface area contributed by atoms with Crippen LogP contribution in [0.4, 0.5) is 0 Å². The monoisotopic (exact) mass is 261 g/mol. The third-order valence-electron chi connectivity index (χ3n) is 3.90. The molecule has 1 fully saturated rings. The summed E-state index contributed by atoms with van der Waals surface area (Å²) in [6, 6.07) is 3.94. The molecule has 2 heterocycles. The number of aromatic nitrogens is 1. The lowest BCUT2D eigenvalue weighted by Gasteiger charge is -2.26. The van der Waals surface area contributed by atoms with Crippen molar-refractivity contribution < 1.29 is 4.79 Å². The van der Waals surface area contributed by atoms with Crippen LogP contribution >= 0.6 is 0 Å². The molecule has 0 aromatic carbocycles. The lowest BCUT2D eigenvalue weighted by molar-refractivity contribution is -0.128. The van der Waals surface area contributed by atoms with E-state index in [1.807, 2.05) is 17.0 Å². The normalized spacial score (nSPS) is 20.1. The zero-order valence-electron chi connectivity index (χ0n) is 12.0. The molecule has 1 aliphatic heterocycles.